The molecule has 4 aromatic rings. The molecule has 0 unspecified atom stereocenters. The fraction of sp³-hybridized carbons (Fsp3) is 0.100. The summed E-state index contributed by atoms with van der Waals surface area (Å²) >= 11 is 0. The molecule has 25 heavy (non-hydrogen) atoms. The molecule has 0 aliphatic heterocycles. The molecule has 2 heterocycles. The quantitative estimate of drug-likeness (QED) is 0.594. The fourth-order valence-electron chi connectivity index (χ4n) is 2.71. The van der Waals surface area contributed by atoms with Gasteiger partial charge in [-0.2, -0.15) is 0 Å². The second-order valence-electron chi connectivity index (χ2n) is 5.93. The van der Waals surface area contributed by atoms with E-state index in [1.165, 1.54) is 0 Å². The Morgan fingerprint density at radius 2 is 1.92 bits per heavy atom. The van der Waals surface area contributed by atoms with Crippen LogP contribution in [0.2, 0.25) is 0 Å². The molecule has 0 saturated carbocycles. The Labute approximate surface area is 144 Å². The van der Waals surface area contributed by atoms with Crippen LogP contribution in [0.4, 0.5) is 5.69 Å². The van der Waals surface area contributed by atoms with E-state index in [9.17, 15) is 4.79 Å². The predicted octanol–water partition coefficient (Wildman–Crippen LogP) is 4.58. The summed E-state index contributed by atoms with van der Waals surface area (Å²) in [6.45, 7) is 1.98. The molecule has 2 aromatic heterocycles. The average Bonchev–Trinajstić information content (AvgIpc) is 3.20. The standard InChI is InChI=1S/C20H16N2O3/c1-13-5-4-7-15(9-13)21-20(23)12-16-11-19(25-22-16)18-10-14-6-2-3-8-17(14)24-18/h2-11H,12H2,1H3,(H,21,23). The van der Waals surface area contributed by atoms with E-state index in [1.807, 2.05) is 61.5 Å². The molecule has 1 N–H and O–H groups in total. The summed E-state index contributed by atoms with van der Waals surface area (Å²) in [5, 5.41) is 7.82. The van der Waals surface area contributed by atoms with E-state index in [1.54, 1.807) is 6.07 Å². The van der Waals surface area contributed by atoms with E-state index >= 15 is 0 Å². The molecular weight excluding hydrogens is 316 g/mol. The number of nitrogens with one attached hydrogen (secondary N) is 1. The monoisotopic (exact) mass is 332 g/mol. The number of para-hydroxylation sites is 1. The Morgan fingerprint density at radius 1 is 1.04 bits per heavy atom. The highest BCUT2D eigenvalue weighted by Gasteiger charge is 2.14. The molecule has 0 bridgehead atoms. The van der Waals surface area contributed by atoms with Gasteiger partial charge in [-0.1, -0.05) is 35.5 Å². The van der Waals surface area contributed by atoms with Crippen LogP contribution in [0.5, 0.6) is 0 Å². The number of rotatable bonds is 4. The van der Waals surface area contributed by atoms with Gasteiger partial charge in [0.1, 0.15) is 5.58 Å². The summed E-state index contributed by atoms with van der Waals surface area (Å²) in [5.41, 5.74) is 3.20. The third kappa shape index (κ3) is 3.30. The number of amides is 1. The Hall–Kier alpha value is -3.34. The molecule has 5 nitrogen and oxygen atoms in total. The largest absolute Gasteiger partial charge is 0.453 e. The predicted molar refractivity (Wildman–Crippen MR) is 95.2 cm³/mol. The number of hydrogen-bond acceptors (Lipinski definition) is 4. The summed E-state index contributed by atoms with van der Waals surface area (Å²) in [6, 6.07) is 19.0. The number of aryl methyl sites for hydroxylation is 1. The Balaban J connectivity index is 1.48. The third-order valence-corrected chi connectivity index (χ3v) is 3.87. The Morgan fingerprint density at radius 3 is 2.76 bits per heavy atom. The maximum Gasteiger partial charge on any atom is 0.230 e. The van der Waals surface area contributed by atoms with Crippen LogP contribution in [0.25, 0.3) is 22.5 Å². The number of fused-ring (bicyclic) bond motifs is 1. The highest BCUT2D eigenvalue weighted by Crippen LogP contribution is 2.28. The van der Waals surface area contributed by atoms with Gasteiger partial charge in [-0.25, -0.2) is 0 Å². The molecule has 1 amide bonds. The summed E-state index contributed by atoms with van der Waals surface area (Å²) in [4.78, 5) is 12.2. The average molecular weight is 332 g/mol. The molecule has 5 heteroatoms. The molecule has 0 atom stereocenters. The van der Waals surface area contributed by atoms with E-state index in [2.05, 4.69) is 10.5 Å². The maximum atomic E-state index is 12.2. The van der Waals surface area contributed by atoms with Gasteiger partial charge in [0.25, 0.3) is 0 Å². The van der Waals surface area contributed by atoms with Gasteiger partial charge in [0.2, 0.25) is 11.7 Å². The first-order valence-corrected chi connectivity index (χ1v) is 7.98. The van der Waals surface area contributed by atoms with Crippen molar-refractivity contribution in [1.82, 2.24) is 5.16 Å². The van der Waals surface area contributed by atoms with Gasteiger partial charge in [-0.05, 0) is 36.8 Å². The lowest BCUT2D eigenvalue weighted by molar-refractivity contribution is -0.115. The summed E-state index contributed by atoms with van der Waals surface area (Å²) in [7, 11) is 0. The molecule has 0 fully saturated rings. The zero-order valence-electron chi connectivity index (χ0n) is 13.7. The normalized spacial score (nSPS) is 10.9. The minimum absolute atomic E-state index is 0.137. The van der Waals surface area contributed by atoms with Crippen molar-refractivity contribution in [2.75, 3.05) is 5.32 Å². The van der Waals surface area contributed by atoms with Gasteiger partial charge in [0.15, 0.2) is 5.76 Å². The lowest BCUT2D eigenvalue weighted by atomic mass is 10.2. The first-order chi connectivity index (χ1) is 12.2. The summed E-state index contributed by atoms with van der Waals surface area (Å²) in [6.07, 6.45) is 0.137. The number of hydrogen-bond donors (Lipinski definition) is 1. The number of nitrogens with zero attached hydrogens (tertiary/aromatic N) is 1. The molecule has 0 radical (unpaired) electrons. The van der Waals surface area contributed by atoms with Crippen molar-refractivity contribution in [3.05, 3.63) is 71.9 Å². The molecule has 0 aliphatic carbocycles. The second kappa shape index (κ2) is 6.28. The fourth-order valence-corrected chi connectivity index (χ4v) is 2.71. The zero-order chi connectivity index (χ0) is 17.2. The highest BCUT2D eigenvalue weighted by atomic mass is 16.5. The van der Waals surface area contributed by atoms with Crippen molar-refractivity contribution in [3.63, 3.8) is 0 Å². The van der Waals surface area contributed by atoms with Crippen LogP contribution in [-0.2, 0) is 11.2 Å². The number of carbonyl (C=O) groups is 1. The number of aromatic nitrogens is 1. The van der Waals surface area contributed by atoms with E-state index in [0.717, 1.165) is 22.2 Å². The molecule has 124 valence electrons. The van der Waals surface area contributed by atoms with E-state index in [0.29, 0.717) is 17.2 Å². The van der Waals surface area contributed by atoms with Crippen molar-refractivity contribution < 1.29 is 13.7 Å². The SMILES string of the molecule is Cc1cccc(NC(=O)Cc2cc(-c3cc4ccccc4o3)on2)c1. The van der Waals surface area contributed by atoms with Crippen LogP contribution in [0.3, 0.4) is 0 Å². The second-order valence-corrected chi connectivity index (χ2v) is 5.93. The summed E-state index contributed by atoms with van der Waals surface area (Å²) < 4.78 is 11.1. The Kier molecular flexibility index (Phi) is 3.82. The van der Waals surface area contributed by atoms with Crippen molar-refractivity contribution in [2.45, 2.75) is 13.3 Å². The topological polar surface area (TPSA) is 68.3 Å². The van der Waals surface area contributed by atoms with E-state index in [4.69, 9.17) is 8.94 Å². The maximum absolute atomic E-state index is 12.2. The van der Waals surface area contributed by atoms with Crippen LogP contribution in [0.1, 0.15) is 11.3 Å². The minimum Gasteiger partial charge on any atom is -0.453 e. The van der Waals surface area contributed by atoms with Gasteiger partial charge in [0, 0.05) is 17.1 Å². The van der Waals surface area contributed by atoms with Crippen molar-refractivity contribution in [3.8, 4) is 11.5 Å². The number of carbonyl (C=O) groups excluding carboxylic acids is 1. The molecule has 2 aromatic carbocycles. The van der Waals surface area contributed by atoms with Crippen LogP contribution >= 0.6 is 0 Å². The minimum atomic E-state index is -0.143. The van der Waals surface area contributed by atoms with E-state index < -0.39 is 0 Å². The third-order valence-electron chi connectivity index (χ3n) is 3.87. The lowest BCUT2D eigenvalue weighted by Crippen LogP contribution is -2.14. The molecule has 0 saturated heterocycles. The van der Waals surface area contributed by atoms with Gasteiger partial charge < -0.3 is 14.3 Å². The lowest BCUT2D eigenvalue weighted by Gasteiger charge is -2.04. The summed E-state index contributed by atoms with van der Waals surface area (Å²) in [5.74, 6) is 0.962. The van der Waals surface area contributed by atoms with Crippen LogP contribution in [-0.4, -0.2) is 11.1 Å². The van der Waals surface area contributed by atoms with Crippen LogP contribution in [0, 0.1) is 6.92 Å². The first-order valence-electron chi connectivity index (χ1n) is 7.98. The van der Waals surface area contributed by atoms with Gasteiger partial charge in [-0.3, -0.25) is 4.79 Å². The van der Waals surface area contributed by atoms with Crippen molar-refractivity contribution >= 4 is 22.6 Å². The number of furan rings is 1. The van der Waals surface area contributed by atoms with Gasteiger partial charge in [0.05, 0.1) is 12.1 Å². The highest BCUT2D eigenvalue weighted by molar-refractivity contribution is 5.92. The molecule has 0 spiro atoms. The first kappa shape index (κ1) is 15.2. The molecule has 4 rings (SSSR count). The molecular formula is C20H16N2O3. The van der Waals surface area contributed by atoms with Crippen molar-refractivity contribution in [1.29, 1.82) is 0 Å². The van der Waals surface area contributed by atoms with Crippen LogP contribution < -0.4 is 5.32 Å². The number of benzene rings is 2. The Bertz CT molecular complexity index is 1010. The molecule has 0 aliphatic rings. The zero-order valence-corrected chi connectivity index (χ0v) is 13.7. The van der Waals surface area contributed by atoms with Gasteiger partial charge >= 0.3 is 0 Å². The van der Waals surface area contributed by atoms with Crippen molar-refractivity contribution in [2.24, 2.45) is 0 Å². The number of anilines is 1. The van der Waals surface area contributed by atoms with Gasteiger partial charge in [-0.15, -0.1) is 0 Å². The van der Waals surface area contributed by atoms with Crippen LogP contribution in [0.15, 0.2) is 69.6 Å². The van der Waals surface area contributed by atoms with E-state index in [-0.39, 0.29) is 12.3 Å². The smallest absolute Gasteiger partial charge is 0.230 e.